The molecular formula is C16H17Br2N. The van der Waals surface area contributed by atoms with Crippen LogP contribution < -0.4 is 5.32 Å². The molecule has 0 aliphatic heterocycles. The van der Waals surface area contributed by atoms with E-state index in [1.807, 2.05) is 6.07 Å². The first kappa shape index (κ1) is 14.8. The summed E-state index contributed by atoms with van der Waals surface area (Å²) < 4.78 is 2.32. The predicted octanol–water partition coefficient (Wildman–Crippen LogP) is 5.37. The highest BCUT2D eigenvalue weighted by atomic mass is 79.9. The van der Waals surface area contributed by atoms with Crippen LogP contribution in [0.25, 0.3) is 0 Å². The van der Waals surface area contributed by atoms with Gasteiger partial charge in [-0.15, -0.1) is 0 Å². The standard InChI is InChI=1S/C16H17Br2N/c1-11-7-8-13(16(18)9-11)10-19-12(2)14-5-3-4-6-15(14)17/h3-9,12,19H,10H2,1-2H3. The highest BCUT2D eigenvalue weighted by Crippen LogP contribution is 2.24. The molecule has 0 saturated carbocycles. The summed E-state index contributed by atoms with van der Waals surface area (Å²) in [6, 6.07) is 15.1. The Morgan fingerprint density at radius 2 is 1.79 bits per heavy atom. The summed E-state index contributed by atoms with van der Waals surface area (Å²) in [5.41, 5.74) is 3.84. The molecule has 2 aromatic carbocycles. The molecule has 0 radical (unpaired) electrons. The Bertz CT molecular complexity index is 566. The molecule has 0 bridgehead atoms. The summed E-state index contributed by atoms with van der Waals surface area (Å²) in [7, 11) is 0. The smallest absolute Gasteiger partial charge is 0.0306 e. The second-order valence-corrected chi connectivity index (χ2v) is 6.43. The van der Waals surface area contributed by atoms with E-state index in [-0.39, 0.29) is 0 Å². The van der Waals surface area contributed by atoms with E-state index in [0.29, 0.717) is 6.04 Å². The van der Waals surface area contributed by atoms with Crippen molar-refractivity contribution < 1.29 is 0 Å². The fourth-order valence-electron chi connectivity index (χ4n) is 1.99. The van der Waals surface area contributed by atoms with Crippen LogP contribution in [0.1, 0.15) is 29.7 Å². The molecule has 2 aromatic rings. The maximum atomic E-state index is 3.62. The Kier molecular flexibility index (Phi) is 5.20. The highest BCUT2D eigenvalue weighted by molar-refractivity contribution is 9.10. The third-order valence-corrected chi connectivity index (χ3v) is 4.64. The van der Waals surface area contributed by atoms with E-state index in [2.05, 4.69) is 87.4 Å². The normalized spacial score (nSPS) is 12.4. The molecule has 0 saturated heterocycles. The van der Waals surface area contributed by atoms with E-state index in [1.165, 1.54) is 21.2 Å². The van der Waals surface area contributed by atoms with Crippen LogP contribution in [0.2, 0.25) is 0 Å². The summed E-state index contributed by atoms with van der Waals surface area (Å²) in [4.78, 5) is 0. The topological polar surface area (TPSA) is 12.0 Å². The molecule has 0 aliphatic carbocycles. The summed E-state index contributed by atoms with van der Waals surface area (Å²) in [5.74, 6) is 0. The van der Waals surface area contributed by atoms with Gasteiger partial charge in [0.05, 0.1) is 0 Å². The minimum absolute atomic E-state index is 0.309. The van der Waals surface area contributed by atoms with Crippen LogP contribution >= 0.6 is 31.9 Å². The minimum Gasteiger partial charge on any atom is -0.306 e. The highest BCUT2D eigenvalue weighted by Gasteiger charge is 2.09. The van der Waals surface area contributed by atoms with E-state index in [4.69, 9.17) is 0 Å². The van der Waals surface area contributed by atoms with Crippen LogP contribution in [-0.2, 0) is 6.54 Å². The molecule has 1 unspecified atom stereocenters. The molecule has 1 nitrogen and oxygen atoms in total. The zero-order chi connectivity index (χ0) is 13.8. The number of rotatable bonds is 4. The Hall–Kier alpha value is -0.640. The van der Waals surface area contributed by atoms with Crippen molar-refractivity contribution in [2.24, 2.45) is 0 Å². The van der Waals surface area contributed by atoms with Crippen molar-refractivity contribution in [3.05, 3.63) is 68.1 Å². The number of hydrogen-bond acceptors (Lipinski definition) is 1. The Labute approximate surface area is 131 Å². The quantitative estimate of drug-likeness (QED) is 0.749. The minimum atomic E-state index is 0.309. The first-order valence-electron chi connectivity index (χ1n) is 6.31. The third-order valence-electron chi connectivity index (χ3n) is 3.18. The van der Waals surface area contributed by atoms with Crippen LogP contribution in [0.15, 0.2) is 51.4 Å². The van der Waals surface area contributed by atoms with Gasteiger partial charge in [0.15, 0.2) is 0 Å². The maximum absolute atomic E-state index is 3.62. The van der Waals surface area contributed by atoms with E-state index < -0.39 is 0 Å². The monoisotopic (exact) mass is 381 g/mol. The molecular weight excluding hydrogens is 366 g/mol. The van der Waals surface area contributed by atoms with Gasteiger partial charge in [0.2, 0.25) is 0 Å². The summed E-state index contributed by atoms with van der Waals surface area (Å²) in [5, 5.41) is 3.56. The van der Waals surface area contributed by atoms with E-state index in [0.717, 1.165) is 11.0 Å². The van der Waals surface area contributed by atoms with Crippen LogP contribution in [0.3, 0.4) is 0 Å². The molecule has 19 heavy (non-hydrogen) atoms. The van der Waals surface area contributed by atoms with E-state index in [9.17, 15) is 0 Å². The average molecular weight is 383 g/mol. The lowest BCUT2D eigenvalue weighted by atomic mass is 10.1. The molecule has 0 heterocycles. The summed E-state index contributed by atoms with van der Waals surface area (Å²) >= 11 is 7.22. The van der Waals surface area contributed by atoms with Crippen molar-refractivity contribution in [3.63, 3.8) is 0 Å². The molecule has 0 fully saturated rings. The lowest BCUT2D eigenvalue weighted by Crippen LogP contribution is -2.18. The van der Waals surface area contributed by atoms with Crippen LogP contribution in [0.5, 0.6) is 0 Å². The lowest BCUT2D eigenvalue weighted by Gasteiger charge is -2.16. The number of halogens is 2. The van der Waals surface area contributed by atoms with Crippen LogP contribution in [-0.4, -0.2) is 0 Å². The van der Waals surface area contributed by atoms with Gasteiger partial charge in [0, 0.05) is 21.5 Å². The molecule has 0 aliphatic rings. The van der Waals surface area contributed by atoms with Gasteiger partial charge in [-0.1, -0.05) is 62.2 Å². The second kappa shape index (κ2) is 6.69. The molecule has 1 atom stereocenters. The number of aryl methyl sites for hydroxylation is 1. The van der Waals surface area contributed by atoms with Crippen molar-refractivity contribution >= 4 is 31.9 Å². The van der Waals surface area contributed by atoms with Gasteiger partial charge in [0.25, 0.3) is 0 Å². The third kappa shape index (κ3) is 3.91. The predicted molar refractivity (Wildman–Crippen MR) is 88.3 cm³/mol. The van der Waals surface area contributed by atoms with E-state index in [1.54, 1.807) is 0 Å². The largest absolute Gasteiger partial charge is 0.306 e. The van der Waals surface area contributed by atoms with Crippen molar-refractivity contribution in [3.8, 4) is 0 Å². The molecule has 0 amide bonds. The molecule has 100 valence electrons. The van der Waals surface area contributed by atoms with Gasteiger partial charge in [-0.3, -0.25) is 0 Å². The molecule has 1 N–H and O–H groups in total. The van der Waals surface area contributed by atoms with Crippen molar-refractivity contribution in [1.82, 2.24) is 5.32 Å². The fraction of sp³-hybridized carbons (Fsp3) is 0.250. The van der Waals surface area contributed by atoms with Crippen LogP contribution in [0.4, 0.5) is 0 Å². The molecule has 0 aromatic heterocycles. The van der Waals surface area contributed by atoms with Gasteiger partial charge < -0.3 is 5.32 Å². The van der Waals surface area contributed by atoms with Gasteiger partial charge in [-0.2, -0.15) is 0 Å². The van der Waals surface area contributed by atoms with Crippen molar-refractivity contribution in [1.29, 1.82) is 0 Å². The SMILES string of the molecule is Cc1ccc(CNC(C)c2ccccc2Br)c(Br)c1. The molecule has 2 rings (SSSR count). The van der Waals surface area contributed by atoms with Crippen molar-refractivity contribution in [2.45, 2.75) is 26.4 Å². The molecule has 0 spiro atoms. The fourth-order valence-corrected chi connectivity index (χ4v) is 3.26. The Morgan fingerprint density at radius 3 is 2.47 bits per heavy atom. The van der Waals surface area contributed by atoms with Gasteiger partial charge >= 0.3 is 0 Å². The van der Waals surface area contributed by atoms with Crippen molar-refractivity contribution in [2.75, 3.05) is 0 Å². The Morgan fingerprint density at radius 1 is 1.05 bits per heavy atom. The van der Waals surface area contributed by atoms with Gasteiger partial charge in [-0.05, 0) is 42.7 Å². The number of benzene rings is 2. The first-order chi connectivity index (χ1) is 9.08. The Balaban J connectivity index is 2.04. The molecule has 3 heteroatoms. The average Bonchev–Trinajstić information content (AvgIpc) is 2.38. The zero-order valence-electron chi connectivity index (χ0n) is 11.1. The number of hydrogen-bond donors (Lipinski definition) is 1. The number of nitrogens with one attached hydrogen (secondary N) is 1. The second-order valence-electron chi connectivity index (χ2n) is 4.72. The summed E-state index contributed by atoms with van der Waals surface area (Å²) in [6.45, 7) is 5.14. The maximum Gasteiger partial charge on any atom is 0.0306 e. The van der Waals surface area contributed by atoms with Gasteiger partial charge in [0.1, 0.15) is 0 Å². The lowest BCUT2D eigenvalue weighted by molar-refractivity contribution is 0.572. The summed E-state index contributed by atoms with van der Waals surface area (Å²) in [6.07, 6.45) is 0. The zero-order valence-corrected chi connectivity index (χ0v) is 14.3. The van der Waals surface area contributed by atoms with E-state index >= 15 is 0 Å². The van der Waals surface area contributed by atoms with Gasteiger partial charge in [-0.25, -0.2) is 0 Å². The van der Waals surface area contributed by atoms with Crippen LogP contribution in [0, 0.1) is 6.92 Å². The first-order valence-corrected chi connectivity index (χ1v) is 7.89.